The highest BCUT2D eigenvalue weighted by atomic mass is 16.5. The zero-order valence-electron chi connectivity index (χ0n) is 18.0. The molecule has 33 heavy (non-hydrogen) atoms. The Morgan fingerprint density at radius 1 is 0.939 bits per heavy atom. The van der Waals surface area contributed by atoms with Gasteiger partial charge in [0.05, 0.1) is 24.9 Å². The van der Waals surface area contributed by atoms with Crippen LogP contribution < -0.4 is 26.8 Å². The van der Waals surface area contributed by atoms with E-state index in [4.69, 9.17) is 15.6 Å². The number of pyridine rings is 2. The zero-order valence-corrected chi connectivity index (χ0v) is 18.0. The van der Waals surface area contributed by atoms with Crippen LogP contribution in [0.4, 0.5) is 29.1 Å². The second-order valence-corrected chi connectivity index (χ2v) is 7.59. The highest BCUT2D eigenvalue weighted by Gasteiger charge is 2.13. The number of morpholine rings is 1. The van der Waals surface area contributed by atoms with Gasteiger partial charge in [0.2, 0.25) is 0 Å². The first kappa shape index (κ1) is 20.9. The molecule has 0 atom stereocenters. The third-order valence-electron chi connectivity index (χ3n) is 5.36. The maximum Gasteiger partial charge on any atom is 0.183 e. The summed E-state index contributed by atoms with van der Waals surface area (Å²) in [5, 5.41) is 7.64. The molecule has 5 rings (SSSR count). The van der Waals surface area contributed by atoms with E-state index in [2.05, 4.69) is 42.0 Å². The smallest absolute Gasteiger partial charge is 0.183 e. The van der Waals surface area contributed by atoms with Crippen LogP contribution in [-0.4, -0.2) is 46.2 Å². The summed E-state index contributed by atoms with van der Waals surface area (Å²) < 4.78 is 5.43. The summed E-state index contributed by atoms with van der Waals surface area (Å²) in [7, 11) is 0. The average molecular weight is 444 g/mol. The Morgan fingerprint density at radius 2 is 1.85 bits per heavy atom. The first-order valence-electron chi connectivity index (χ1n) is 10.8. The fraction of sp³-hybridized carbons (Fsp3) is 0.217. The van der Waals surface area contributed by atoms with Gasteiger partial charge in [-0.05, 0) is 35.9 Å². The van der Waals surface area contributed by atoms with E-state index in [1.165, 1.54) is 0 Å². The molecule has 10 nitrogen and oxygen atoms in total. The van der Waals surface area contributed by atoms with Crippen LogP contribution in [0, 0.1) is 0 Å². The van der Waals surface area contributed by atoms with Crippen LogP contribution in [0.3, 0.4) is 0 Å². The molecule has 0 saturated carbocycles. The third-order valence-corrected chi connectivity index (χ3v) is 5.36. The Morgan fingerprint density at radius 3 is 2.73 bits per heavy atom. The topological polar surface area (TPSA) is 126 Å². The first-order valence-corrected chi connectivity index (χ1v) is 10.8. The Labute approximate surface area is 191 Å². The minimum Gasteiger partial charge on any atom is -0.378 e. The Balaban J connectivity index is 1.31. The number of nitrogens with one attached hydrogen (secondary N) is 3. The number of ether oxygens (including phenoxy) is 1. The molecule has 0 unspecified atom stereocenters. The minimum atomic E-state index is 0.457. The highest BCUT2D eigenvalue weighted by Crippen LogP contribution is 2.23. The number of rotatable bonds is 7. The van der Waals surface area contributed by atoms with Gasteiger partial charge in [-0.1, -0.05) is 18.2 Å². The van der Waals surface area contributed by atoms with Crippen LogP contribution in [0.25, 0.3) is 10.9 Å². The van der Waals surface area contributed by atoms with Crippen molar-refractivity contribution in [1.29, 1.82) is 0 Å². The molecule has 1 aliphatic heterocycles. The third kappa shape index (κ3) is 4.92. The van der Waals surface area contributed by atoms with Gasteiger partial charge in [-0.3, -0.25) is 4.98 Å². The fourth-order valence-corrected chi connectivity index (χ4v) is 3.69. The van der Waals surface area contributed by atoms with Gasteiger partial charge < -0.3 is 25.7 Å². The van der Waals surface area contributed by atoms with Crippen molar-refractivity contribution in [2.24, 2.45) is 5.84 Å². The summed E-state index contributed by atoms with van der Waals surface area (Å²) in [5.74, 6) is 8.80. The summed E-state index contributed by atoms with van der Waals surface area (Å²) in [4.78, 5) is 20.3. The molecule has 4 heterocycles. The molecule has 0 aliphatic carbocycles. The highest BCUT2D eigenvalue weighted by molar-refractivity contribution is 5.79. The molecular weight excluding hydrogens is 418 g/mol. The molecule has 0 spiro atoms. The number of nitrogens with two attached hydrogens (primary N) is 1. The molecule has 1 aliphatic rings. The van der Waals surface area contributed by atoms with E-state index in [0.717, 1.165) is 35.4 Å². The Kier molecular flexibility index (Phi) is 6.09. The number of hydrazine groups is 1. The number of hydrogen-bond acceptors (Lipinski definition) is 10. The van der Waals surface area contributed by atoms with E-state index < -0.39 is 0 Å². The quantitative estimate of drug-likeness (QED) is 0.250. The lowest BCUT2D eigenvalue weighted by Gasteiger charge is -2.28. The summed E-state index contributed by atoms with van der Waals surface area (Å²) in [6.07, 6.45) is 3.41. The van der Waals surface area contributed by atoms with Crippen molar-refractivity contribution in [1.82, 2.24) is 19.9 Å². The normalized spacial score (nSPS) is 13.7. The summed E-state index contributed by atoms with van der Waals surface area (Å²) >= 11 is 0. The molecule has 1 aromatic carbocycles. The van der Waals surface area contributed by atoms with Gasteiger partial charge in [0, 0.05) is 31.2 Å². The number of fused-ring (bicyclic) bond motifs is 1. The predicted molar refractivity (Wildman–Crippen MR) is 129 cm³/mol. The number of hydrogen-bond donors (Lipinski definition) is 4. The zero-order chi connectivity index (χ0) is 22.5. The summed E-state index contributed by atoms with van der Waals surface area (Å²) in [6, 6.07) is 16.0. The second kappa shape index (κ2) is 9.63. The van der Waals surface area contributed by atoms with E-state index in [0.29, 0.717) is 43.0 Å². The molecule has 0 bridgehead atoms. The van der Waals surface area contributed by atoms with Gasteiger partial charge in [0.25, 0.3) is 0 Å². The largest absolute Gasteiger partial charge is 0.378 e. The van der Waals surface area contributed by atoms with Crippen LogP contribution in [0.5, 0.6) is 0 Å². The van der Waals surface area contributed by atoms with E-state index in [9.17, 15) is 0 Å². The van der Waals surface area contributed by atoms with Gasteiger partial charge in [-0.2, -0.15) is 0 Å². The minimum absolute atomic E-state index is 0.457. The van der Waals surface area contributed by atoms with Crippen molar-refractivity contribution in [2.45, 2.75) is 6.54 Å². The van der Waals surface area contributed by atoms with Crippen LogP contribution >= 0.6 is 0 Å². The molecule has 168 valence electrons. The first-order chi connectivity index (χ1) is 16.3. The van der Waals surface area contributed by atoms with Crippen LogP contribution in [0.15, 0.2) is 60.9 Å². The SMILES string of the molecule is NNc1ncc(Nc2cccc(N3CCOCC3)n2)nc1NCc1ccc2ncccc2c1. The van der Waals surface area contributed by atoms with Gasteiger partial charge in [0.15, 0.2) is 17.5 Å². The van der Waals surface area contributed by atoms with Crippen molar-refractivity contribution in [2.75, 3.05) is 47.3 Å². The molecule has 0 radical (unpaired) electrons. The van der Waals surface area contributed by atoms with Crippen LogP contribution in [0.1, 0.15) is 5.56 Å². The molecule has 4 aromatic rings. The number of nitrogens with zero attached hydrogens (tertiary/aromatic N) is 5. The van der Waals surface area contributed by atoms with Crippen LogP contribution in [-0.2, 0) is 11.3 Å². The van der Waals surface area contributed by atoms with E-state index in [1.807, 2.05) is 42.5 Å². The molecule has 1 saturated heterocycles. The molecule has 10 heteroatoms. The monoisotopic (exact) mass is 443 g/mol. The maximum absolute atomic E-state index is 5.65. The molecule has 3 aromatic heterocycles. The van der Waals surface area contributed by atoms with E-state index >= 15 is 0 Å². The lowest BCUT2D eigenvalue weighted by atomic mass is 10.1. The summed E-state index contributed by atoms with van der Waals surface area (Å²) in [6.45, 7) is 3.63. The van der Waals surface area contributed by atoms with Gasteiger partial charge in [-0.25, -0.2) is 20.8 Å². The average Bonchev–Trinajstić information content (AvgIpc) is 2.88. The van der Waals surface area contributed by atoms with E-state index in [1.54, 1.807) is 12.4 Å². The molecule has 1 fully saturated rings. The Bertz CT molecular complexity index is 1240. The van der Waals surface area contributed by atoms with Crippen molar-refractivity contribution in [3.8, 4) is 0 Å². The fourth-order valence-electron chi connectivity index (χ4n) is 3.69. The van der Waals surface area contributed by atoms with Crippen molar-refractivity contribution in [3.05, 3.63) is 66.5 Å². The standard InChI is InChI=1S/C23H25N9O/c24-31-23-22(26-14-16-6-7-18-17(13-16)3-2-8-25-18)30-20(15-27-23)28-19-4-1-5-21(29-19)32-9-11-33-12-10-32/h1-8,13,15H,9-12,14,24H2,(H,27,31)(H2,26,28,29,30). The number of nitrogen functional groups attached to an aromatic ring is 1. The molecule has 5 N–H and O–H groups in total. The van der Waals surface area contributed by atoms with Gasteiger partial charge in [0.1, 0.15) is 11.6 Å². The number of aromatic nitrogens is 4. The predicted octanol–water partition coefficient (Wildman–Crippen LogP) is 2.90. The van der Waals surface area contributed by atoms with Crippen LogP contribution in [0.2, 0.25) is 0 Å². The maximum atomic E-state index is 5.65. The van der Waals surface area contributed by atoms with Crippen molar-refractivity contribution in [3.63, 3.8) is 0 Å². The molecular formula is C23H25N9O. The van der Waals surface area contributed by atoms with Crippen molar-refractivity contribution < 1.29 is 4.74 Å². The van der Waals surface area contributed by atoms with Gasteiger partial charge >= 0.3 is 0 Å². The summed E-state index contributed by atoms with van der Waals surface area (Å²) in [5.41, 5.74) is 4.65. The molecule has 0 amide bonds. The van der Waals surface area contributed by atoms with Crippen molar-refractivity contribution >= 4 is 40.0 Å². The van der Waals surface area contributed by atoms with E-state index in [-0.39, 0.29) is 0 Å². The second-order valence-electron chi connectivity index (χ2n) is 7.59. The lowest BCUT2D eigenvalue weighted by molar-refractivity contribution is 0.122. The lowest BCUT2D eigenvalue weighted by Crippen LogP contribution is -2.36. The number of benzene rings is 1. The Hall–Kier alpha value is -4.02. The van der Waals surface area contributed by atoms with Gasteiger partial charge in [-0.15, -0.1) is 0 Å². The number of anilines is 5.